The summed E-state index contributed by atoms with van der Waals surface area (Å²) in [7, 11) is 0. The molecule has 0 amide bonds. The molecule has 2 heteroatoms. The first-order valence-corrected chi connectivity index (χ1v) is 8.51. The van der Waals surface area contributed by atoms with E-state index in [1.54, 1.807) is 0 Å². The fraction of sp³-hybridized carbons (Fsp3) is 0.550. The van der Waals surface area contributed by atoms with Crippen LogP contribution in [0, 0.1) is 0 Å². The van der Waals surface area contributed by atoms with Crippen LogP contribution >= 0.6 is 0 Å². The second-order valence-corrected chi connectivity index (χ2v) is 7.31. The van der Waals surface area contributed by atoms with E-state index in [-0.39, 0.29) is 5.41 Å². The van der Waals surface area contributed by atoms with E-state index in [0.717, 1.165) is 24.9 Å². The Morgan fingerprint density at radius 2 is 1.86 bits per heavy atom. The van der Waals surface area contributed by atoms with Gasteiger partial charge in [0, 0.05) is 29.1 Å². The van der Waals surface area contributed by atoms with Crippen molar-refractivity contribution in [3.63, 3.8) is 0 Å². The van der Waals surface area contributed by atoms with Crippen LogP contribution in [0.5, 0.6) is 0 Å². The summed E-state index contributed by atoms with van der Waals surface area (Å²) >= 11 is 0. The van der Waals surface area contributed by atoms with E-state index in [0.29, 0.717) is 6.04 Å². The number of fused-ring (bicyclic) bond motifs is 1. The van der Waals surface area contributed by atoms with E-state index in [2.05, 4.69) is 71.1 Å². The van der Waals surface area contributed by atoms with Crippen molar-refractivity contribution in [2.24, 2.45) is 0 Å². The van der Waals surface area contributed by atoms with Crippen LogP contribution in [0.15, 0.2) is 24.3 Å². The number of hydrogen-bond donors (Lipinski definition) is 1. The molecule has 2 aromatic rings. The average Bonchev–Trinajstić information content (AvgIpc) is 2.50. The summed E-state index contributed by atoms with van der Waals surface area (Å²) in [6.45, 7) is 14.3. The molecule has 2 nitrogen and oxygen atoms in total. The van der Waals surface area contributed by atoms with Gasteiger partial charge in [0.25, 0.3) is 0 Å². The SMILES string of the molecule is CCc1ccc2nc(C(C)(C)C)cc(CNC(C)CC)c2c1. The number of aromatic nitrogens is 1. The number of nitrogens with one attached hydrogen (secondary N) is 1. The number of nitrogens with zero attached hydrogens (tertiary/aromatic N) is 1. The third-order valence-corrected chi connectivity index (χ3v) is 4.39. The molecule has 0 saturated carbocycles. The zero-order valence-electron chi connectivity index (χ0n) is 15.0. The van der Waals surface area contributed by atoms with E-state index >= 15 is 0 Å². The minimum Gasteiger partial charge on any atom is -0.310 e. The van der Waals surface area contributed by atoms with Gasteiger partial charge in [0.1, 0.15) is 0 Å². The number of aryl methyl sites for hydroxylation is 1. The molecule has 0 aliphatic carbocycles. The van der Waals surface area contributed by atoms with Crippen molar-refractivity contribution in [2.75, 3.05) is 0 Å². The molecule has 0 bridgehead atoms. The lowest BCUT2D eigenvalue weighted by molar-refractivity contribution is 0.532. The van der Waals surface area contributed by atoms with Gasteiger partial charge in [-0.05, 0) is 49.1 Å². The maximum Gasteiger partial charge on any atom is 0.0709 e. The molecular weight excluding hydrogens is 268 g/mol. The van der Waals surface area contributed by atoms with Gasteiger partial charge in [-0.25, -0.2) is 0 Å². The van der Waals surface area contributed by atoms with Gasteiger partial charge in [-0.1, -0.05) is 40.7 Å². The van der Waals surface area contributed by atoms with Gasteiger partial charge in [0.2, 0.25) is 0 Å². The van der Waals surface area contributed by atoms with Crippen LogP contribution in [-0.4, -0.2) is 11.0 Å². The van der Waals surface area contributed by atoms with E-state index in [1.807, 2.05) is 0 Å². The van der Waals surface area contributed by atoms with Crippen molar-refractivity contribution in [3.8, 4) is 0 Å². The predicted octanol–water partition coefficient (Wildman–Crippen LogP) is 4.98. The smallest absolute Gasteiger partial charge is 0.0709 e. The van der Waals surface area contributed by atoms with E-state index < -0.39 is 0 Å². The molecule has 22 heavy (non-hydrogen) atoms. The summed E-state index contributed by atoms with van der Waals surface area (Å²) in [6.07, 6.45) is 2.21. The first kappa shape index (κ1) is 17.0. The Balaban J connectivity index is 2.51. The van der Waals surface area contributed by atoms with Crippen molar-refractivity contribution in [2.45, 2.75) is 72.4 Å². The molecule has 120 valence electrons. The van der Waals surface area contributed by atoms with Crippen LogP contribution in [0.4, 0.5) is 0 Å². The fourth-order valence-corrected chi connectivity index (χ4v) is 2.52. The standard InChI is InChI=1S/C20H30N2/c1-7-14(3)21-13-16-12-19(20(4,5)6)22-18-10-9-15(8-2)11-17(16)18/h9-12,14,21H,7-8,13H2,1-6H3. The maximum absolute atomic E-state index is 4.90. The summed E-state index contributed by atoms with van der Waals surface area (Å²) in [4.78, 5) is 4.90. The number of hydrogen-bond acceptors (Lipinski definition) is 2. The summed E-state index contributed by atoms with van der Waals surface area (Å²) in [5, 5.41) is 4.92. The van der Waals surface area contributed by atoms with Crippen molar-refractivity contribution in [1.29, 1.82) is 0 Å². The number of pyridine rings is 1. The Labute approximate surface area is 135 Å². The topological polar surface area (TPSA) is 24.9 Å². The van der Waals surface area contributed by atoms with Gasteiger partial charge in [-0.3, -0.25) is 4.98 Å². The van der Waals surface area contributed by atoms with Crippen molar-refractivity contribution in [1.82, 2.24) is 10.3 Å². The molecule has 1 unspecified atom stereocenters. The highest BCUT2D eigenvalue weighted by Gasteiger charge is 2.18. The normalized spacial score (nSPS) is 13.5. The van der Waals surface area contributed by atoms with Crippen molar-refractivity contribution >= 4 is 10.9 Å². The molecule has 0 aliphatic heterocycles. The average molecular weight is 298 g/mol. The van der Waals surface area contributed by atoms with Gasteiger partial charge >= 0.3 is 0 Å². The van der Waals surface area contributed by atoms with Crippen LogP contribution in [0.3, 0.4) is 0 Å². The molecular formula is C20H30N2. The molecule has 1 heterocycles. The third-order valence-electron chi connectivity index (χ3n) is 4.39. The molecule has 1 aromatic heterocycles. The summed E-state index contributed by atoms with van der Waals surface area (Å²) in [6, 6.07) is 9.51. The Morgan fingerprint density at radius 3 is 2.45 bits per heavy atom. The Bertz CT molecular complexity index is 638. The lowest BCUT2D eigenvalue weighted by Gasteiger charge is -2.21. The van der Waals surface area contributed by atoms with Crippen LogP contribution in [0.25, 0.3) is 10.9 Å². The van der Waals surface area contributed by atoms with E-state index in [4.69, 9.17) is 4.98 Å². The lowest BCUT2D eigenvalue weighted by atomic mass is 9.89. The number of rotatable bonds is 5. The van der Waals surface area contributed by atoms with Gasteiger partial charge in [0.15, 0.2) is 0 Å². The maximum atomic E-state index is 4.90. The highest BCUT2D eigenvalue weighted by Crippen LogP contribution is 2.27. The minimum atomic E-state index is 0.0722. The fourth-order valence-electron chi connectivity index (χ4n) is 2.52. The molecule has 1 N–H and O–H groups in total. The monoisotopic (exact) mass is 298 g/mol. The zero-order valence-corrected chi connectivity index (χ0v) is 15.0. The van der Waals surface area contributed by atoms with Crippen molar-refractivity contribution < 1.29 is 0 Å². The third kappa shape index (κ3) is 3.86. The molecule has 2 rings (SSSR count). The summed E-state index contributed by atoms with van der Waals surface area (Å²) in [5.41, 5.74) is 5.10. The minimum absolute atomic E-state index is 0.0722. The summed E-state index contributed by atoms with van der Waals surface area (Å²) < 4.78 is 0. The number of benzene rings is 1. The first-order chi connectivity index (χ1) is 10.3. The quantitative estimate of drug-likeness (QED) is 0.841. The lowest BCUT2D eigenvalue weighted by Crippen LogP contribution is -2.25. The second-order valence-electron chi connectivity index (χ2n) is 7.31. The highest BCUT2D eigenvalue weighted by molar-refractivity contribution is 5.83. The molecule has 0 radical (unpaired) electrons. The molecule has 1 aromatic carbocycles. The van der Waals surface area contributed by atoms with Gasteiger partial charge in [-0.15, -0.1) is 0 Å². The highest BCUT2D eigenvalue weighted by atomic mass is 14.9. The van der Waals surface area contributed by atoms with E-state index in [1.165, 1.54) is 22.2 Å². The molecule has 0 fully saturated rings. The molecule has 0 aliphatic rings. The van der Waals surface area contributed by atoms with Crippen LogP contribution < -0.4 is 5.32 Å². The van der Waals surface area contributed by atoms with Crippen molar-refractivity contribution in [3.05, 3.63) is 41.1 Å². The Kier molecular flexibility index (Phi) is 5.23. The van der Waals surface area contributed by atoms with Crippen LogP contribution in [0.2, 0.25) is 0 Å². The van der Waals surface area contributed by atoms with Gasteiger partial charge in [-0.2, -0.15) is 0 Å². The van der Waals surface area contributed by atoms with E-state index in [9.17, 15) is 0 Å². The zero-order chi connectivity index (χ0) is 16.3. The molecule has 0 saturated heterocycles. The second kappa shape index (κ2) is 6.78. The van der Waals surface area contributed by atoms with Crippen LogP contribution in [-0.2, 0) is 18.4 Å². The van der Waals surface area contributed by atoms with Gasteiger partial charge < -0.3 is 5.32 Å². The van der Waals surface area contributed by atoms with Gasteiger partial charge in [0.05, 0.1) is 5.52 Å². The first-order valence-electron chi connectivity index (χ1n) is 8.51. The Hall–Kier alpha value is -1.41. The Morgan fingerprint density at radius 1 is 1.14 bits per heavy atom. The predicted molar refractivity (Wildman–Crippen MR) is 96.4 cm³/mol. The van der Waals surface area contributed by atoms with Crippen LogP contribution in [0.1, 0.15) is 64.8 Å². The largest absolute Gasteiger partial charge is 0.310 e. The molecule has 0 spiro atoms. The molecule has 1 atom stereocenters. The summed E-state index contributed by atoms with van der Waals surface area (Å²) in [5.74, 6) is 0.